The highest BCUT2D eigenvalue weighted by molar-refractivity contribution is 5.68. The van der Waals surface area contributed by atoms with E-state index in [1.807, 2.05) is 30.3 Å². The lowest BCUT2D eigenvalue weighted by Crippen LogP contribution is -1.97. The van der Waals surface area contributed by atoms with Gasteiger partial charge in [0.25, 0.3) is 0 Å². The molecule has 1 nitrogen and oxygen atoms in total. The lowest BCUT2D eigenvalue weighted by molar-refractivity contribution is 0.199. The summed E-state index contributed by atoms with van der Waals surface area (Å²) in [5, 5.41) is 9.62. The molecule has 0 aliphatic carbocycles. The topological polar surface area (TPSA) is 20.2 Å². The van der Waals surface area contributed by atoms with Gasteiger partial charge in [0.05, 0.1) is 6.10 Å². The summed E-state index contributed by atoms with van der Waals surface area (Å²) < 4.78 is 13.8. The zero-order valence-electron chi connectivity index (χ0n) is 9.02. The lowest BCUT2D eigenvalue weighted by Gasteiger charge is -2.12. The van der Waals surface area contributed by atoms with Gasteiger partial charge in [0.15, 0.2) is 0 Å². The molecule has 0 saturated heterocycles. The van der Waals surface area contributed by atoms with E-state index in [-0.39, 0.29) is 5.82 Å². The van der Waals surface area contributed by atoms with Crippen molar-refractivity contribution < 1.29 is 9.50 Å². The van der Waals surface area contributed by atoms with Crippen LogP contribution >= 0.6 is 0 Å². The molecule has 0 aliphatic rings. The number of aliphatic hydroxyl groups excluding tert-OH is 1. The largest absolute Gasteiger partial charge is 0.389 e. The summed E-state index contributed by atoms with van der Waals surface area (Å²) in [5.41, 5.74) is 1.89. The number of hydrogen-bond acceptors (Lipinski definition) is 1. The van der Waals surface area contributed by atoms with Crippen molar-refractivity contribution in [2.75, 3.05) is 0 Å². The molecule has 0 bridgehead atoms. The molecule has 1 unspecified atom stereocenters. The van der Waals surface area contributed by atoms with E-state index in [0.717, 1.165) is 5.56 Å². The average Bonchev–Trinajstić information content (AvgIpc) is 2.29. The van der Waals surface area contributed by atoms with Gasteiger partial charge in [-0.2, -0.15) is 0 Å². The molecule has 0 heterocycles. The van der Waals surface area contributed by atoms with E-state index in [9.17, 15) is 9.50 Å². The number of aliphatic hydroxyl groups is 1. The second-order valence-electron chi connectivity index (χ2n) is 3.75. The first-order valence-electron chi connectivity index (χ1n) is 5.22. The van der Waals surface area contributed by atoms with Crippen molar-refractivity contribution in [3.05, 3.63) is 59.9 Å². The first-order chi connectivity index (χ1) is 7.70. The summed E-state index contributed by atoms with van der Waals surface area (Å²) in [6.45, 7) is 1.64. The third-order valence-electron chi connectivity index (χ3n) is 2.56. The molecular weight excluding hydrogens is 203 g/mol. The van der Waals surface area contributed by atoms with Crippen LogP contribution < -0.4 is 0 Å². The summed E-state index contributed by atoms with van der Waals surface area (Å²) >= 11 is 0. The predicted molar refractivity (Wildman–Crippen MR) is 62.5 cm³/mol. The molecule has 2 heteroatoms. The molecule has 2 aromatic rings. The maximum atomic E-state index is 13.8. The second-order valence-corrected chi connectivity index (χ2v) is 3.75. The van der Waals surface area contributed by atoms with Gasteiger partial charge in [0.1, 0.15) is 5.82 Å². The summed E-state index contributed by atoms with van der Waals surface area (Å²) in [7, 11) is 0. The van der Waals surface area contributed by atoms with E-state index in [1.165, 1.54) is 6.07 Å². The van der Waals surface area contributed by atoms with Crippen LogP contribution in [0, 0.1) is 5.82 Å². The Morgan fingerprint density at radius 1 is 1.00 bits per heavy atom. The second kappa shape index (κ2) is 4.45. The Morgan fingerprint density at radius 2 is 1.69 bits per heavy atom. The maximum absolute atomic E-state index is 13.8. The van der Waals surface area contributed by atoms with Crippen LogP contribution in [0.25, 0.3) is 11.1 Å². The van der Waals surface area contributed by atoms with Crippen LogP contribution in [0.3, 0.4) is 0 Å². The van der Waals surface area contributed by atoms with Gasteiger partial charge in [-0.1, -0.05) is 42.5 Å². The molecule has 0 radical (unpaired) electrons. The number of rotatable bonds is 2. The molecule has 1 atom stereocenters. The quantitative estimate of drug-likeness (QED) is 0.814. The fourth-order valence-corrected chi connectivity index (χ4v) is 1.80. The van der Waals surface area contributed by atoms with Crippen molar-refractivity contribution in [2.45, 2.75) is 13.0 Å². The fourth-order valence-electron chi connectivity index (χ4n) is 1.80. The molecule has 0 amide bonds. The molecule has 2 rings (SSSR count). The summed E-state index contributed by atoms with van der Waals surface area (Å²) in [5.74, 6) is -0.301. The Kier molecular flexibility index (Phi) is 3.02. The van der Waals surface area contributed by atoms with Crippen molar-refractivity contribution in [1.82, 2.24) is 0 Å². The minimum Gasteiger partial charge on any atom is -0.389 e. The normalized spacial score (nSPS) is 12.4. The smallest absolute Gasteiger partial charge is 0.131 e. The van der Waals surface area contributed by atoms with Gasteiger partial charge in [0.2, 0.25) is 0 Å². The standard InChI is InChI=1S/C14H13FO/c1-10(16)12-8-5-9-13(15)14(12)11-6-3-2-4-7-11/h2-10,16H,1H3. The molecule has 0 saturated carbocycles. The Hall–Kier alpha value is -1.67. The van der Waals surface area contributed by atoms with Crippen LogP contribution in [0.4, 0.5) is 4.39 Å². The van der Waals surface area contributed by atoms with Crippen LogP contribution in [-0.2, 0) is 0 Å². The van der Waals surface area contributed by atoms with E-state index in [1.54, 1.807) is 19.1 Å². The first kappa shape index (κ1) is 10.8. The monoisotopic (exact) mass is 216 g/mol. The summed E-state index contributed by atoms with van der Waals surface area (Å²) in [6.07, 6.45) is -0.675. The van der Waals surface area contributed by atoms with Crippen molar-refractivity contribution in [3.8, 4) is 11.1 Å². The van der Waals surface area contributed by atoms with Gasteiger partial charge in [-0.25, -0.2) is 4.39 Å². The predicted octanol–water partition coefficient (Wildman–Crippen LogP) is 3.55. The van der Waals surface area contributed by atoms with Crippen LogP contribution in [0.15, 0.2) is 48.5 Å². The summed E-state index contributed by atoms with van der Waals surface area (Å²) in [6, 6.07) is 14.0. The van der Waals surface area contributed by atoms with Gasteiger partial charge >= 0.3 is 0 Å². The summed E-state index contributed by atoms with van der Waals surface area (Å²) in [4.78, 5) is 0. The minimum absolute atomic E-state index is 0.301. The highest BCUT2D eigenvalue weighted by atomic mass is 19.1. The molecule has 2 aromatic carbocycles. The zero-order valence-corrected chi connectivity index (χ0v) is 9.02. The van der Waals surface area contributed by atoms with Gasteiger partial charge in [-0.3, -0.25) is 0 Å². The third-order valence-corrected chi connectivity index (χ3v) is 2.56. The van der Waals surface area contributed by atoms with Gasteiger partial charge < -0.3 is 5.11 Å². The molecule has 0 spiro atoms. The Morgan fingerprint density at radius 3 is 2.31 bits per heavy atom. The molecule has 82 valence electrons. The first-order valence-corrected chi connectivity index (χ1v) is 5.22. The van der Waals surface area contributed by atoms with E-state index in [0.29, 0.717) is 11.1 Å². The Bertz CT molecular complexity index is 477. The van der Waals surface area contributed by atoms with E-state index >= 15 is 0 Å². The van der Waals surface area contributed by atoms with Gasteiger partial charge in [-0.15, -0.1) is 0 Å². The molecule has 1 N–H and O–H groups in total. The SMILES string of the molecule is CC(O)c1cccc(F)c1-c1ccccc1. The van der Waals surface area contributed by atoms with Gasteiger partial charge in [0, 0.05) is 5.56 Å². The van der Waals surface area contributed by atoms with Gasteiger partial charge in [-0.05, 0) is 24.1 Å². The fraction of sp³-hybridized carbons (Fsp3) is 0.143. The zero-order chi connectivity index (χ0) is 11.5. The van der Waals surface area contributed by atoms with E-state index < -0.39 is 6.10 Å². The number of benzene rings is 2. The average molecular weight is 216 g/mol. The number of hydrogen-bond donors (Lipinski definition) is 1. The molecule has 0 fully saturated rings. The van der Waals surface area contributed by atoms with E-state index in [4.69, 9.17) is 0 Å². The number of halogens is 1. The molecule has 16 heavy (non-hydrogen) atoms. The molecule has 0 aliphatic heterocycles. The van der Waals surface area contributed by atoms with Crippen molar-refractivity contribution in [1.29, 1.82) is 0 Å². The van der Waals surface area contributed by atoms with Crippen LogP contribution in [0.5, 0.6) is 0 Å². The van der Waals surface area contributed by atoms with Crippen molar-refractivity contribution >= 4 is 0 Å². The van der Waals surface area contributed by atoms with Crippen molar-refractivity contribution in [2.24, 2.45) is 0 Å². The molecular formula is C14H13FO. The van der Waals surface area contributed by atoms with Crippen LogP contribution in [0.1, 0.15) is 18.6 Å². The lowest BCUT2D eigenvalue weighted by atomic mass is 9.96. The Labute approximate surface area is 94.2 Å². The van der Waals surface area contributed by atoms with Crippen molar-refractivity contribution in [3.63, 3.8) is 0 Å². The highest BCUT2D eigenvalue weighted by Gasteiger charge is 2.13. The van der Waals surface area contributed by atoms with E-state index in [2.05, 4.69) is 0 Å². The Balaban J connectivity index is 2.64. The van der Waals surface area contributed by atoms with Crippen LogP contribution in [-0.4, -0.2) is 5.11 Å². The minimum atomic E-state index is -0.675. The maximum Gasteiger partial charge on any atom is 0.131 e. The highest BCUT2D eigenvalue weighted by Crippen LogP contribution is 2.30. The third kappa shape index (κ3) is 1.97. The molecule has 0 aromatic heterocycles. The van der Waals surface area contributed by atoms with Crippen LogP contribution in [0.2, 0.25) is 0 Å².